The van der Waals surface area contributed by atoms with Crippen molar-refractivity contribution in [2.45, 2.75) is 18.4 Å². The van der Waals surface area contributed by atoms with E-state index in [1.165, 1.54) is 12.1 Å². The Kier molecular flexibility index (Phi) is 7.33. The summed E-state index contributed by atoms with van der Waals surface area (Å²) in [5, 5.41) is 0. The third kappa shape index (κ3) is 6.71. The molecule has 1 aromatic rings. The maximum atomic E-state index is 12.6. The van der Waals surface area contributed by atoms with Gasteiger partial charge in [0.15, 0.2) is 5.56 Å². The Morgan fingerprint density at radius 1 is 1.18 bits per heavy atom. The van der Waals surface area contributed by atoms with E-state index in [4.69, 9.17) is 32.7 Å². The van der Waals surface area contributed by atoms with Crippen molar-refractivity contribution in [3.63, 3.8) is 0 Å². The Balaban J connectivity index is 2.16. The van der Waals surface area contributed by atoms with Crippen molar-refractivity contribution in [1.82, 2.24) is 0 Å². The lowest BCUT2D eigenvalue weighted by atomic mass is 10.3. The molecule has 0 N–H and O–H groups in total. The Morgan fingerprint density at radius 3 is 2.53 bits per heavy atom. The first-order valence-electron chi connectivity index (χ1n) is 5.42. The van der Waals surface area contributed by atoms with Crippen LogP contribution in [0, 0.1) is 5.82 Å². The van der Waals surface area contributed by atoms with Crippen molar-refractivity contribution in [2.75, 3.05) is 19.1 Å². The van der Waals surface area contributed by atoms with Gasteiger partial charge in [0.1, 0.15) is 11.6 Å². The van der Waals surface area contributed by atoms with Crippen LogP contribution < -0.4 is 4.74 Å². The molecule has 0 aromatic heterocycles. The monoisotopic (exact) mass is 280 g/mol. The van der Waals surface area contributed by atoms with Crippen LogP contribution in [0.5, 0.6) is 5.75 Å². The summed E-state index contributed by atoms with van der Waals surface area (Å²) in [5.41, 5.74) is -0.475. The highest BCUT2D eigenvalue weighted by atomic mass is 35.5. The van der Waals surface area contributed by atoms with E-state index in [1.54, 1.807) is 12.1 Å². The molecule has 0 radical (unpaired) electrons. The Morgan fingerprint density at radius 2 is 1.88 bits per heavy atom. The van der Waals surface area contributed by atoms with Crippen LogP contribution in [0.1, 0.15) is 12.8 Å². The lowest BCUT2D eigenvalue weighted by molar-refractivity contribution is 0.113. The van der Waals surface area contributed by atoms with E-state index >= 15 is 0 Å². The van der Waals surface area contributed by atoms with Crippen molar-refractivity contribution in [3.8, 4) is 5.75 Å². The number of halogens is 3. The van der Waals surface area contributed by atoms with E-state index in [9.17, 15) is 4.39 Å². The summed E-state index contributed by atoms with van der Waals surface area (Å²) in [4.78, 5) is 0. The second-order valence-corrected chi connectivity index (χ2v) is 4.29. The van der Waals surface area contributed by atoms with Gasteiger partial charge in [-0.3, -0.25) is 0 Å². The van der Waals surface area contributed by atoms with E-state index in [2.05, 4.69) is 0 Å². The molecular formula is C12H15Cl2FO2. The summed E-state index contributed by atoms with van der Waals surface area (Å²) in [7, 11) is 0. The molecule has 0 amide bonds. The van der Waals surface area contributed by atoms with Crippen molar-refractivity contribution in [2.24, 2.45) is 0 Å². The van der Waals surface area contributed by atoms with Gasteiger partial charge < -0.3 is 9.47 Å². The van der Waals surface area contributed by atoms with Crippen LogP contribution in [0.3, 0.4) is 0 Å². The summed E-state index contributed by atoms with van der Waals surface area (Å²) in [6.45, 7) is 1.15. The molecule has 2 nitrogen and oxygen atoms in total. The largest absolute Gasteiger partial charge is 0.475 e. The van der Waals surface area contributed by atoms with Crippen LogP contribution >= 0.6 is 23.2 Å². The van der Waals surface area contributed by atoms with Crippen molar-refractivity contribution in [1.29, 1.82) is 0 Å². The van der Waals surface area contributed by atoms with Crippen LogP contribution in [0.25, 0.3) is 0 Å². The zero-order valence-electron chi connectivity index (χ0n) is 9.37. The molecule has 96 valence electrons. The average molecular weight is 281 g/mol. The number of hydrogen-bond donors (Lipinski definition) is 0. The molecular weight excluding hydrogens is 266 g/mol. The highest BCUT2D eigenvalue weighted by Gasteiger charge is 2.06. The number of rotatable bonds is 8. The first-order valence-corrected chi connectivity index (χ1v) is 6.39. The fraction of sp³-hybridized carbons (Fsp3) is 0.500. The summed E-state index contributed by atoms with van der Waals surface area (Å²) in [5.74, 6) is 0.844. The predicted octanol–water partition coefficient (Wildman–Crippen LogP) is 3.81. The molecule has 0 fully saturated rings. The minimum Gasteiger partial charge on any atom is -0.475 e. The second kappa shape index (κ2) is 8.56. The summed E-state index contributed by atoms with van der Waals surface area (Å²) in [6, 6.07) is 5.74. The van der Waals surface area contributed by atoms with E-state index < -0.39 is 5.56 Å². The summed E-state index contributed by atoms with van der Waals surface area (Å²) < 4.78 is 23.3. The zero-order valence-corrected chi connectivity index (χ0v) is 10.9. The normalized spacial score (nSPS) is 12.4. The number of hydrogen-bond acceptors (Lipinski definition) is 2. The fourth-order valence-electron chi connectivity index (χ4n) is 1.15. The van der Waals surface area contributed by atoms with E-state index in [1.807, 2.05) is 0 Å². The first kappa shape index (κ1) is 14.6. The summed E-state index contributed by atoms with van der Waals surface area (Å²) >= 11 is 11.4. The van der Waals surface area contributed by atoms with Gasteiger partial charge in [-0.1, -0.05) is 11.6 Å². The van der Waals surface area contributed by atoms with Crippen LogP contribution in [0.2, 0.25) is 0 Å². The van der Waals surface area contributed by atoms with E-state index in [0.717, 1.165) is 6.42 Å². The molecule has 1 unspecified atom stereocenters. The van der Waals surface area contributed by atoms with Gasteiger partial charge in [0.2, 0.25) is 0 Å². The summed E-state index contributed by atoms with van der Waals surface area (Å²) in [6.07, 6.45) is 1.40. The highest BCUT2D eigenvalue weighted by molar-refractivity contribution is 6.19. The van der Waals surface area contributed by atoms with Crippen molar-refractivity contribution >= 4 is 23.2 Å². The lowest BCUT2D eigenvalue weighted by Gasteiger charge is -2.12. The fourth-order valence-corrected chi connectivity index (χ4v) is 1.46. The minimum absolute atomic E-state index is 0.298. The Labute approximate surface area is 111 Å². The minimum atomic E-state index is -0.475. The van der Waals surface area contributed by atoms with Gasteiger partial charge in [0.25, 0.3) is 0 Å². The van der Waals surface area contributed by atoms with Crippen molar-refractivity contribution in [3.05, 3.63) is 30.1 Å². The molecule has 0 aliphatic heterocycles. The first-order chi connectivity index (χ1) is 8.22. The standard InChI is InChI=1S/C12H15Cl2FO2/c13-7-1-8-16-9-6-12(14)17-11-4-2-10(15)3-5-11/h2-5,12H,1,6-9H2. The third-order valence-corrected chi connectivity index (χ3v) is 2.56. The van der Waals surface area contributed by atoms with Crippen molar-refractivity contribution < 1.29 is 13.9 Å². The van der Waals surface area contributed by atoms with Gasteiger partial charge in [0.05, 0.1) is 6.61 Å². The molecule has 0 spiro atoms. The van der Waals surface area contributed by atoms with Crippen LogP contribution in [-0.4, -0.2) is 24.7 Å². The van der Waals surface area contributed by atoms with Gasteiger partial charge in [-0.05, 0) is 30.7 Å². The van der Waals surface area contributed by atoms with E-state index in [-0.39, 0.29) is 5.82 Å². The molecule has 17 heavy (non-hydrogen) atoms. The molecule has 1 rings (SSSR count). The second-order valence-electron chi connectivity index (χ2n) is 3.43. The molecule has 5 heteroatoms. The third-order valence-electron chi connectivity index (χ3n) is 1.99. The average Bonchev–Trinajstić information content (AvgIpc) is 2.32. The van der Waals surface area contributed by atoms with Gasteiger partial charge >= 0.3 is 0 Å². The highest BCUT2D eigenvalue weighted by Crippen LogP contribution is 2.16. The number of alkyl halides is 2. The molecule has 0 heterocycles. The molecule has 1 atom stereocenters. The molecule has 0 aliphatic carbocycles. The van der Waals surface area contributed by atoms with Gasteiger partial charge in [-0.15, -0.1) is 11.6 Å². The number of ether oxygens (including phenoxy) is 2. The van der Waals surface area contributed by atoms with Crippen LogP contribution in [-0.2, 0) is 4.74 Å². The zero-order chi connectivity index (χ0) is 12.5. The SMILES string of the molecule is Fc1ccc(OC(Cl)CCOCCCCl)cc1. The smallest absolute Gasteiger partial charge is 0.174 e. The quantitative estimate of drug-likeness (QED) is 0.533. The predicted molar refractivity (Wildman–Crippen MR) is 67.4 cm³/mol. The van der Waals surface area contributed by atoms with E-state index in [0.29, 0.717) is 31.3 Å². The number of benzene rings is 1. The Hall–Kier alpha value is -0.510. The lowest BCUT2D eigenvalue weighted by Crippen LogP contribution is -2.12. The molecule has 0 saturated heterocycles. The molecule has 0 aliphatic rings. The maximum Gasteiger partial charge on any atom is 0.174 e. The van der Waals surface area contributed by atoms with Gasteiger partial charge in [0, 0.05) is 18.9 Å². The maximum absolute atomic E-state index is 12.6. The van der Waals surface area contributed by atoms with Gasteiger partial charge in [-0.2, -0.15) is 0 Å². The molecule has 0 saturated carbocycles. The Bertz CT molecular complexity index is 306. The topological polar surface area (TPSA) is 18.5 Å². The van der Waals surface area contributed by atoms with Gasteiger partial charge in [-0.25, -0.2) is 4.39 Å². The van der Waals surface area contributed by atoms with Crippen LogP contribution in [0.4, 0.5) is 4.39 Å². The molecule has 1 aromatic carbocycles. The van der Waals surface area contributed by atoms with Crippen LogP contribution in [0.15, 0.2) is 24.3 Å². The molecule has 0 bridgehead atoms.